The fourth-order valence-electron chi connectivity index (χ4n) is 1.68. The Morgan fingerprint density at radius 3 is 2.33 bits per heavy atom. The highest BCUT2D eigenvalue weighted by atomic mass is 32.2. The molecule has 0 bridgehead atoms. The molecule has 0 aromatic heterocycles. The van der Waals surface area contributed by atoms with E-state index in [1.165, 1.54) is 6.26 Å². The summed E-state index contributed by atoms with van der Waals surface area (Å²) in [5, 5.41) is -0.303. The van der Waals surface area contributed by atoms with Gasteiger partial charge in [0.05, 0.1) is 11.9 Å². The predicted molar refractivity (Wildman–Crippen MR) is 56.5 cm³/mol. The Morgan fingerprint density at radius 2 is 1.93 bits per heavy atom. The van der Waals surface area contributed by atoms with Gasteiger partial charge in [-0.1, -0.05) is 0 Å². The van der Waals surface area contributed by atoms with Crippen molar-refractivity contribution < 1.29 is 17.9 Å². The Kier molecular flexibility index (Phi) is 3.96. The van der Waals surface area contributed by atoms with Gasteiger partial charge >= 0.3 is 6.09 Å². The minimum atomic E-state index is -2.97. The molecule has 1 amide bonds. The van der Waals surface area contributed by atoms with E-state index in [-0.39, 0.29) is 11.3 Å². The minimum Gasteiger partial charge on any atom is -0.450 e. The molecule has 1 saturated heterocycles. The van der Waals surface area contributed by atoms with Gasteiger partial charge in [0, 0.05) is 19.3 Å². The summed E-state index contributed by atoms with van der Waals surface area (Å²) in [6.07, 6.45) is 1.93. The van der Waals surface area contributed by atoms with Crippen LogP contribution < -0.4 is 0 Å². The van der Waals surface area contributed by atoms with Crippen molar-refractivity contribution in [2.45, 2.75) is 25.0 Å². The molecule has 15 heavy (non-hydrogen) atoms. The van der Waals surface area contributed by atoms with Gasteiger partial charge in [-0.05, 0) is 19.8 Å². The van der Waals surface area contributed by atoms with E-state index in [4.69, 9.17) is 4.74 Å². The van der Waals surface area contributed by atoms with E-state index in [1.54, 1.807) is 11.8 Å². The van der Waals surface area contributed by atoms with Gasteiger partial charge in [-0.25, -0.2) is 13.2 Å². The summed E-state index contributed by atoms with van der Waals surface area (Å²) in [5.74, 6) is 0. The van der Waals surface area contributed by atoms with Crippen LogP contribution in [0.25, 0.3) is 0 Å². The maximum Gasteiger partial charge on any atom is 0.409 e. The molecule has 1 heterocycles. The van der Waals surface area contributed by atoms with Gasteiger partial charge in [0.15, 0.2) is 0 Å². The molecule has 0 unspecified atom stereocenters. The van der Waals surface area contributed by atoms with Crippen LogP contribution in [-0.2, 0) is 14.6 Å². The maximum atomic E-state index is 11.3. The highest BCUT2D eigenvalue weighted by molar-refractivity contribution is 7.91. The molecule has 0 aromatic rings. The first kappa shape index (κ1) is 12.3. The van der Waals surface area contributed by atoms with Crippen LogP contribution in [0.15, 0.2) is 0 Å². The second-order valence-corrected chi connectivity index (χ2v) is 6.04. The number of amides is 1. The smallest absolute Gasteiger partial charge is 0.409 e. The van der Waals surface area contributed by atoms with E-state index in [9.17, 15) is 13.2 Å². The lowest BCUT2D eigenvalue weighted by Crippen LogP contribution is -2.42. The van der Waals surface area contributed by atoms with Crippen molar-refractivity contribution in [3.63, 3.8) is 0 Å². The molecule has 5 nitrogen and oxygen atoms in total. The molecule has 88 valence electrons. The van der Waals surface area contributed by atoms with Crippen molar-refractivity contribution >= 4 is 15.9 Å². The van der Waals surface area contributed by atoms with E-state index in [1.807, 2.05) is 0 Å². The van der Waals surface area contributed by atoms with Gasteiger partial charge in [-0.2, -0.15) is 0 Å². The third kappa shape index (κ3) is 3.37. The van der Waals surface area contributed by atoms with E-state index < -0.39 is 9.84 Å². The van der Waals surface area contributed by atoms with Crippen molar-refractivity contribution in [3.8, 4) is 0 Å². The zero-order chi connectivity index (χ0) is 11.5. The maximum absolute atomic E-state index is 11.3. The number of hydrogen-bond donors (Lipinski definition) is 0. The van der Waals surface area contributed by atoms with Gasteiger partial charge < -0.3 is 9.64 Å². The summed E-state index contributed by atoms with van der Waals surface area (Å²) >= 11 is 0. The van der Waals surface area contributed by atoms with Gasteiger partial charge in [0.25, 0.3) is 0 Å². The number of carbonyl (C=O) groups is 1. The van der Waals surface area contributed by atoms with Crippen LogP contribution in [0, 0.1) is 0 Å². The fraction of sp³-hybridized carbons (Fsp3) is 0.889. The lowest BCUT2D eigenvalue weighted by atomic mass is 10.1. The number of hydrogen-bond acceptors (Lipinski definition) is 4. The fourth-order valence-corrected chi connectivity index (χ4v) is 2.75. The van der Waals surface area contributed by atoms with Crippen LogP contribution >= 0.6 is 0 Å². The standard InChI is InChI=1S/C9H17NO4S/c1-3-14-9(11)10-6-4-8(5-7-10)15(2,12)13/h8H,3-7H2,1-2H3. The number of piperidine rings is 1. The summed E-state index contributed by atoms with van der Waals surface area (Å²) in [6.45, 7) is 3.04. The first-order valence-corrected chi connectivity index (χ1v) is 7.01. The lowest BCUT2D eigenvalue weighted by Gasteiger charge is -2.30. The highest BCUT2D eigenvalue weighted by Gasteiger charge is 2.29. The molecular formula is C9H17NO4S. The Morgan fingerprint density at radius 1 is 1.40 bits per heavy atom. The average molecular weight is 235 g/mol. The van der Waals surface area contributed by atoms with Crippen LogP contribution in [-0.4, -0.2) is 50.6 Å². The second kappa shape index (κ2) is 4.83. The van der Waals surface area contributed by atoms with Gasteiger partial charge in [0.1, 0.15) is 9.84 Å². The van der Waals surface area contributed by atoms with Crippen LogP contribution in [0.4, 0.5) is 4.79 Å². The van der Waals surface area contributed by atoms with Crippen molar-refractivity contribution in [1.82, 2.24) is 4.90 Å². The highest BCUT2D eigenvalue weighted by Crippen LogP contribution is 2.17. The second-order valence-electron chi connectivity index (χ2n) is 3.71. The summed E-state index contributed by atoms with van der Waals surface area (Å²) < 4.78 is 27.3. The van der Waals surface area contributed by atoms with Crippen LogP contribution in [0.1, 0.15) is 19.8 Å². The number of rotatable bonds is 2. The Bertz CT molecular complexity index is 317. The number of likely N-dealkylation sites (tertiary alicyclic amines) is 1. The molecule has 0 spiro atoms. The molecule has 1 fully saturated rings. The van der Waals surface area contributed by atoms with Crippen molar-refractivity contribution in [1.29, 1.82) is 0 Å². The monoisotopic (exact) mass is 235 g/mol. The number of nitrogens with zero attached hydrogens (tertiary/aromatic N) is 1. The molecule has 0 atom stereocenters. The molecule has 0 N–H and O–H groups in total. The molecule has 0 saturated carbocycles. The SMILES string of the molecule is CCOC(=O)N1CCC(S(C)(=O)=O)CC1. The van der Waals surface area contributed by atoms with Crippen LogP contribution in [0.2, 0.25) is 0 Å². The molecule has 0 aromatic carbocycles. The summed E-state index contributed by atoms with van der Waals surface area (Å²) in [5.41, 5.74) is 0. The topological polar surface area (TPSA) is 63.7 Å². The van der Waals surface area contributed by atoms with Crippen LogP contribution in [0.5, 0.6) is 0 Å². The molecule has 1 aliphatic rings. The van der Waals surface area contributed by atoms with Crippen molar-refractivity contribution in [2.75, 3.05) is 26.0 Å². The largest absolute Gasteiger partial charge is 0.450 e. The first-order valence-electron chi connectivity index (χ1n) is 5.05. The lowest BCUT2D eigenvalue weighted by molar-refractivity contribution is 0.100. The quantitative estimate of drug-likeness (QED) is 0.705. The van der Waals surface area contributed by atoms with Gasteiger partial charge in [-0.3, -0.25) is 0 Å². The van der Waals surface area contributed by atoms with E-state index in [2.05, 4.69) is 0 Å². The van der Waals surface area contributed by atoms with E-state index in [0.29, 0.717) is 32.5 Å². The first-order chi connectivity index (χ1) is 6.95. The van der Waals surface area contributed by atoms with Crippen molar-refractivity contribution in [3.05, 3.63) is 0 Å². The van der Waals surface area contributed by atoms with Gasteiger partial charge in [0.2, 0.25) is 0 Å². The molecule has 1 rings (SSSR count). The molecule has 0 radical (unpaired) electrons. The van der Waals surface area contributed by atoms with E-state index >= 15 is 0 Å². The Hall–Kier alpha value is -0.780. The normalized spacial score (nSPS) is 18.9. The summed E-state index contributed by atoms with van der Waals surface area (Å²) in [6, 6.07) is 0. The number of sulfone groups is 1. The molecule has 1 aliphatic heterocycles. The number of carbonyl (C=O) groups excluding carboxylic acids is 1. The average Bonchev–Trinajstić information content (AvgIpc) is 2.17. The third-order valence-corrected chi connectivity index (χ3v) is 4.26. The van der Waals surface area contributed by atoms with E-state index in [0.717, 1.165) is 0 Å². The summed E-state index contributed by atoms with van der Waals surface area (Å²) in [4.78, 5) is 12.9. The Balaban J connectivity index is 2.46. The zero-order valence-corrected chi connectivity index (χ0v) is 9.92. The third-order valence-electron chi connectivity index (χ3n) is 2.57. The molecule has 6 heteroatoms. The predicted octanol–water partition coefficient (Wildman–Crippen LogP) is 0.652. The number of ether oxygens (including phenoxy) is 1. The molecular weight excluding hydrogens is 218 g/mol. The zero-order valence-electron chi connectivity index (χ0n) is 9.10. The Labute approximate surface area is 90.3 Å². The van der Waals surface area contributed by atoms with Gasteiger partial charge in [-0.15, -0.1) is 0 Å². The minimum absolute atomic E-state index is 0.303. The van der Waals surface area contributed by atoms with Crippen LogP contribution in [0.3, 0.4) is 0 Å². The van der Waals surface area contributed by atoms with Crippen molar-refractivity contribution in [2.24, 2.45) is 0 Å². The molecule has 0 aliphatic carbocycles. The summed E-state index contributed by atoms with van der Waals surface area (Å²) in [7, 11) is -2.97.